The van der Waals surface area contributed by atoms with Crippen LogP contribution in [-0.2, 0) is 0 Å². The van der Waals surface area contributed by atoms with E-state index < -0.39 is 17.3 Å². The number of aliphatic hydroxyl groups excluding tert-OH is 1. The zero-order chi connectivity index (χ0) is 13.1. The van der Waals surface area contributed by atoms with Gasteiger partial charge in [0.15, 0.2) is 0 Å². The number of halogens is 1. The number of amides is 1. The van der Waals surface area contributed by atoms with Crippen LogP contribution in [0.3, 0.4) is 0 Å². The average Bonchev–Trinajstić information content (AvgIpc) is 2.27. The summed E-state index contributed by atoms with van der Waals surface area (Å²) in [4.78, 5) is 11.9. The Hall–Kier alpha value is -1.62. The summed E-state index contributed by atoms with van der Waals surface area (Å²) in [6.45, 7) is 3.03. The standard InChI is InChI=1S/C12H16FNO3/c1-12(2,7-15)14-11(16)10-8(13)5-4-6-9(10)17-3/h4-6,15H,7H2,1-3H3,(H,14,16). The molecule has 1 aromatic carbocycles. The minimum Gasteiger partial charge on any atom is -0.496 e. The van der Waals surface area contributed by atoms with Crippen LogP contribution in [0.15, 0.2) is 18.2 Å². The molecule has 0 fully saturated rings. The molecule has 0 spiro atoms. The van der Waals surface area contributed by atoms with Crippen LogP contribution >= 0.6 is 0 Å². The Balaban J connectivity index is 3.04. The Bertz CT molecular complexity index is 418. The number of methoxy groups -OCH3 is 1. The van der Waals surface area contributed by atoms with Crippen LogP contribution in [0.25, 0.3) is 0 Å². The second-order valence-electron chi connectivity index (χ2n) is 4.31. The highest BCUT2D eigenvalue weighted by Crippen LogP contribution is 2.21. The molecule has 94 valence electrons. The molecule has 0 aliphatic rings. The second-order valence-corrected chi connectivity index (χ2v) is 4.31. The van der Waals surface area contributed by atoms with Gasteiger partial charge < -0.3 is 15.2 Å². The summed E-state index contributed by atoms with van der Waals surface area (Å²) in [5.41, 5.74) is -0.971. The zero-order valence-electron chi connectivity index (χ0n) is 10.1. The van der Waals surface area contributed by atoms with E-state index in [2.05, 4.69) is 5.32 Å². The van der Waals surface area contributed by atoms with Crippen molar-refractivity contribution >= 4 is 5.91 Å². The van der Waals surface area contributed by atoms with Crippen LogP contribution in [0, 0.1) is 5.82 Å². The van der Waals surface area contributed by atoms with Gasteiger partial charge in [0.2, 0.25) is 0 Å². The van der Waals surface area contributed by atoms with Gasteiger partial charge in [-0.2, -0.15) is 0 Å². The molecule has 0 bridgehead atoms. The molecule has 1 rings (SSSR count). The van der Waals surface area contributed by atoms with E-state index in [1.165, 1.54) is 25.3 Å². The molecule has 0 aliphatic heterocycles. The molecule has 4 nitrogen and oxygen atoms in total. The fraction of sp³-hybridized carbons (Fsp3) is 0.417. The van der Waals surface area contributed by atoms with Gasteiger partial charge in [-0.25, -0.2) is 4.39 Å². The van der Waals surface area contributed by atoms with Crippen molar-refractivity contribution in [2.75, 3.05) is 13.7 Å². The lowest BCUT2D eigenvalue weighted by Gasteiger charge is -2.24. The Labute approximate surface area is 99.4 Å². The molecule has 0 saturated heterocycles. The van der Waals surface area contributed by atoms with Gasteiger partial charge in [-0.3, -0.25) is 4.79 Å². The highest BCUT2D eigenvalue weighted by Gasteiger charge is 2.24. The van der Waals surface area contributed by atoms with E-state index >= 15 is 0 Å². The molecule has 0 heterocycles. The summed E-state index contributed by atoms with van der Waals surface area (Å²) in [7, 11) is 1.36. The SMILES string of the molecule is COc1cccc(F)c1C(=O)NC(C)(C)CO. The van der Waals surface area contributed by atoms with Gasteiger partial charge in [0, 0.05) is 0 Å². The van der Waals surface area contributed by atoms with Crippen LogP contribution in [0.1, 0.15) is 24.2 Å². The molecule has 0 saturated carbocycles. The van der Waals surface area contributed by atoms with E-state index in [1.54, 1.807) is 13.8 Å². The van der Waals surface area contributed by atoms with Gasteiger partial charge in [0.25, 0.3) is 5.91 Å². The first-order valence-corrected chi connectivity index (χ1v) is 5.17. The lowest BCUT2D eigenvalue weighted by Crippen LogP contribution is -2.46. The molecule has 0 radical (unpaired) electrons. The van der Waals surface area contributed by atoms with Gasteiger partial charge >= 0.3 is 0 Å². The third kappa shape index (κ3) is 3.17. The molecule has 1 aromatic rings. The second kappa shape index (κ2) is 5.14. The highest BCUT2D eigenvalue weighted by atomic mass is 19.1. The normalized spacial score (nSPS) is 11.1. The van der Waals surface area contributed by atoms with Crippen molar-refractivity contribution in [1.82, 2.24) is 5.32 Å². The number of rotatable bonds is 4. The molecule has 0 unspecified atom stereocenters. The predicted molar refractivity (Wildman–Crippen MR) is 61.6 cm³/mol. The van der Waals surface area contributed by atoms with E-state index in [4.69, 9.17) is 9.84 Å². The number of hydrogen-bond acceptors (Lipinski definition) is 3. The fourth-order valence-electron chi connectivity index (χ4n) is 1.30. The van der Waals surface area contributed by atoms with E-state index in [1.807, 2.05) is 0 Å². The van der Waals surface area contributed by atoms with Crippen LogP contribution in [0.5, 0.6) is 5.75 Å². The molecule has 2 N–H and O–H groups in total. The molecule has 0 atom stereocenters. The molecule has 5 heteroatoms. The Morgan fingerprint density at radius 2 is 2.18 bits per heavy atom. The summed E-state index contributed by atoms with van der Waals surface area (Å²) < 4.78 is 18.5. The predicted octanol–water partition coefficient (Wildman–Crippen LogP) is 1.33. The van der Waals surface area contributed by atoms with Crippen LogP contribution in [-0.4, -0.2) is 30.3 Å². The van der Waals surface area contributed by atoms with Gasteiger partial charge in [-0.1, -0.05) is 6.07 Å². The van der Waals surface area contributed by atoms with Crippen LogP contribution in [0.4, 0.5) is 4.39 Å². The van der Waals surface area contributed by atoms with Crippen molar-refractivity contribution in [3.05, 3.63) is 29.6 Å². The summed E-state index contributed by atoms with van der Waals surface area (Å²) in [5.74, 6) is -1.11. The summed E-state index contributed by atoms with van der Waals surface area (Å²) in [6.07, 6.45) is 0. The number of carbonyl (C=O) groups excluding carboxylic acids is 1. The quantitative estimate of drug-likeness (QED) is 0.836. The third-order valence-electron chi connectivity index (χ3n) is 2.27. The molecule has 17 heavy (non-hydrogen) atoms. The van der Waals surface area contributed by atoms with Gasteiger partial charge in [-0.15, -0.1) is 0 Å². The van der Waals surface area contributed by atoms with Crippen LogP contribution < -0.4 is 10.1 Å². The largest absolute Gasteiger partial charge is 0.496 e. The zero-order valence-corrected chi connectivity index (χ0v) is 10.1. The molecule has 1 amide bonds. The van der Waals surface area contributed by atoms with Crippen molar-refractivity contribution in [3.63, 3.8) is 0 Å². The van der Waals surface area contributed by atoms with Gasteiger partial charge in [0.1, 0.15) is 17.1 Å². The minimum atomic E-state index is -0.815. The number of nitrogens with one attached hydrogen (secondary N) is 1. The average molecular weight is 241 g/mol. The Morgan fingerprint density at radius 1 is 1.53 bits per heavy atom. The van der Waals surface area contributed by atoms with Gasteiger partial charge in [-0.05, 0) is 26.0 Å². The highest BCUT2D eigenvalue weighted by molar-refractivity contribution is 5.97. The maximum Gasteiger partial charge on any atom is 0.258 e. The number of hydrogen-bond donors (Lipinski definition) is 2. The molecule has 0 aromatic heterocycles. The van der Waals surface area contributed by atoms with E-state index in [-0.39, 0.29) is 17.9 Å². The smallest absolute Gasteiger partial charge is 0.258 e. The molecular formula is C12H16FNO3. The van der Waals surface area contributed by atoms with Crippen molar-refractivity contribution < 1.29 is 19.0 Å². The maximum atomic E-state index is 13.6. The van der Waals surface area contributed by atoms with Crippen molar-refractivity contribution in [1.29, 1.82) is 0 Å². The van der Waals surface area contributed by atoms with E-state index in [0.29, 0.717) is 0 Å². The third-order valence-corrected chi connectivity index (χ3v) is 2.27. The Kier molecular flexibility index (Phi) is 4.07. The first kappa shape index (κ1) is 13.4. The summed E-state index contributed by atoms with van der Waals surface area (Å²) in [6, 6.07) is 4.15. The Morgan fingerprint density at radius 3 is 2.71 bits per heavy atom. The number of benzene rings is 1. The monoisotopic (exact) mass is 241 g/mol. The topological polar surface area (TPSA) is 58.6 Å². The fourth-order valence-corrected chi connectivity index (χ4v) is 1.30. The van der Waals surface area contributed by atoms with Crippen molar-refractivity contribution in [2.24, 2.45) is 0 Å². The van der Waals surface area contributed by atoms with Gasteiger partial charge in [0.05, 0.1) is 19.3 Å². The number of aliphatic hydroxyl groups is 1. The summed E-state index contributed by atoms with van der Waals surface area (Å²) in [5, 5.41) is 11.6. The molecule has 0 aliphatic carbocycles. The van der Waals surface area contributed by atoms with Crippen molar-refractivity contribution in [3.8, 4) is 5.75 Å². The first-order chi connectivity index (χ1) is 7.91. The van der Waals surface area contributed by atoms with E-state index in [0.717, 1.165) is 0 Å². The van der Waals surface area contributed by atoms with Crippen molar-refractivity contribution in [2.45, 2.75) is 19.4 Å². The number of ether oxygens (including phenoxy) is 1. The van der Waals surface area contributed by atoms with E-state index in [9.17, 15) is 9.18 Å². The van der Waals surface area contributed by atoms with Crippen LogP contribution in [0.2, 0.25) is 0 Å². The summed E-state index contributed by atoms with van der Waals surface area (Å²) >= 11 is 0. The lowest BCUT2D eigenvalue weighted by molar-refractivity contribution is 0.0862. The lowest BCUT2D eigenvalue weighted by atomic mass is 10.1. The molecular weight excluding hydrogens is 225 g/mol. The first-order valence-electron chi connectivity index (χ1n) is 5.17. The minimum absolute atomic E-state index is 0.156. The number of carbonyl (C=O) groups is 1. The maximum absolute atomic E-state index is 13.6.